The first-order valence-corrected chi connectivity index (χ1v) is 10.4. The molecule has 0 aromatic heterocycles. The summed E-state index contributed by atoms with van der Waals surface area (Å²) in [7, 11) is 0. The van der Waals surface area contributed by atoms with Gasteiger partial charge in [0.1, 0.15) is 5.25 Å². The number of nitrogens with one attached hydrogen (secondary N) is 2. The SMILES string of the molecule is CC(=N/N=C1/NC(=O)C(CC(=O)Nc2ccc(C)c(Cl)c2)S1)c1ccc([N+](=O)[O-])cc1. The number of rotatable bonds is 6. The molecule has 1 atom stereocenters. The molecule has 1 unspecified atom stereocenters. The van der Waals surface area contributed by atoms with Crippen molar-refractivity contribution in [3.63, 3.8) is 0 Å². The number of thioether (sulfide) groups is 1. The van der Waals surface area contributed by atoms with Gasteiger partial charge >= 0.3 is 0 Å². The number of benzene rings is 2. The zero-order valence-corrected chi connectivity index (χ0v) is 18.2. The van der Waals surface area contributed by atoms with Gasteiger partial charge in [0, 0.05) is 29.3 Å². The van der Waals surface area contributed by atoms with Crippen molar-refractivity contribution in [3.05, 3.63) is 68.7 Å². The van der Waals surface area contributed by atoms with E-state index in [2.05, 4.69) is 20.8 Å². The first-order chi connectivity index (χ1) is 14.7. The second kappa shape index (κ2) is 9.71. The maximum absolute atomic E-state index is 12.3. The summed E-state index contributed by atoms with van der Waals surface area (Å²) in [6.07, 6.45) is -0.0357. The predicted octanol–water partition coefficient (Wildman–Crippen LogP) is 3.90. The number of nitro groups is 1. The van der Waals surface area contributed by atoms with E-state index in [1.807, 2.05) is 6.92 Å². The Morgan fingerprint density at radius 3 is 2.65 bits per heavy atom. The molecular weight excluding hydrogens is 442 g/mol. The van der Waals surface area contributed by atoms with Gasteiger partial charge in [0.15, 0.2) is 5.17 Å². The van der Waals surface area contributed by atoms with Gasteiger partial charge in [0.25, 0.3) is 5.69 Å². The van der Waals surface area contributed by atoms with Crippen LogP contribution in [0.15, 0.2) is 52.7 Å². The minimum absolute atomic E-state index is 0.0181. The summed E-state index contributed by atoms with van der Waals surface area (Å²) in [5.74, 6) is -0.650. The van der Waals surface area contributed by atoms with Crippen molar-refractivity contribution in [1.82, 2.24) is 5.32 Å². The van der Waals surface area contributed by atoms with Crippen molar-refractivity contribution in [2.24, 2.45) is 10.2 Å². The quantitative estimate of drug-likeness (QED) is 0.385. The third-order valence-corrected chi connectivity index (χ3v) is 5.87. The first-order valence-electron chi connectivity index (χ1n) is 9.13. The van der Waals surface area contributed by atoms with Gasteiger partial charge in [0.2, 0.25) is 11.8 Å². The molecule has 9 nitrogen and oxygen atoms in total. The molecule has 0 spiro atoms. The van der Waals surface area contributed by atoms with Gasteiger partial charge in [0.05, 0.1) is 10.6 Å². The van der Waals surface area contributed by atoms with Gasteiger partial charge in [-0.2, -0.15) is 5.10 Å². The lowest BCUT2D eigenvalue weighted by molar-refractivity contribution is -0.384. The summed E-state index contributed by atoms with van der Waals surface area (Å²) in [5, 5.41) is 24.3. The molecule has 0 bridgehead atoms. The number of nitro benzene ring substituents is 1. The standard InChI is InChI=1S/C20H18ClN5O4S/c1-11-3-6-14(9-16(11)21)22-18(27)10-17-19(28)23-20(31-17)25-24-12(2)13-4-7-15(8-5-13)26(29)30/h3-9,17H,10H2,1-2H3,(H,22,27)(H,23,25,28). The van der Waals surface area contributed by atoms with Crippen LogP contribution < -0.4 is 10.6 Å². The molecule has 31 heavy (non-hydrogen) atoms. The third-order valence-electron chi connectivity index (χ3n) is 4.39. The van der Waals surface area contributed by atoms with Crippen LogP contribution in [0.3, 0.4) is 0 Å². The number of anilines is 1. The highest BCUT2D eigenvalue weighted by Crippen LogP contribution is 2.24. The summed E-state index contributed by atoms with van der Waals surface area (Å²) >= 11 is 7.17. The van der Waals surface area contributed by atoms with Crippen LogP contribution in [0.25, 0.3) is 0 Å². The number of halogens is 1. The summed E-state index contributed by atoms with van der Waals surface area (Å²) < 4.78 is 0. The Morgan fingerprint density at radius 1 is 1.29 bits per heavy atom. The van der Waals surface area contributed by atoms with Crippen molar-refractivity contribution >= 4 is 57.4 Å². The lowest BCUT2D eigenvalue weighted by atomic mass is 10.1. The molecule has 1 aliphatic rings. The van der Waals surface area contributed by atoms with Crippen LogP contribution in [0.4, 0.5) is 11.4 Å². The summed E-state index contributed by atoms with van der Waals surface area (Å²) in [6.45, 7) is 3.56. The van der Waals surface area contributed by atoms with Crippen LogP contribution in [0, 0.1) is 17.0 Å². The number of hydrogen-bond donors (Lipinski definition) is 2. The number of amides is 2. The molecule has 2 aromatic rings. The van der Waals surface area contributed by atoms with Crippen LogP contribution in [-0.2, 0) is 9.59 Å². The van der Waals surface area contributed by atoms with Gasteiger partial charge in [-0.25, -0.2) is 0 Å². The van der Waals surface area contributed by atoms with E-state index >= 15 is 0 Å². The van der Waals surface area contributed by atoms with Crippen LogP contribution in [0.5, 0.6) is 0 Å². The minimum Gasteiger partial charge on any atom is -0.326 e. The lowest BCUT2D eigenvalue weighted by Crippen LogP contribution is -2.28. The smallest absolute Gasteiger partial charge is 0.269 e. The molecule has 1 saturated heterocycles. The molecule has 11 heteroatoms. The van der Waals surface area contributed by atoms with Crippen LogP contribution in [-0.4, -0.2) is 32.9 Å². The van der Waals surface area contributed by atoms with Crippen LogP contribution >= 0.6 is 23.4 Å². The number of amidine groups is 1. The van der Waals surface area contributed by atoms with E-state index in [0.29, 0.717) is 22.0 Å². The molecule has 3 rings (SSSR count). The molecule has 160 valence electrons. The highest BCUT2D eigenvalue weighted by molar-refractivity contribution is 8.15. The monoisotopic (exact) mass is 459 g/mol. The number of carbonyl (C=O) groups excluding carboxylic acids is 2. The molecule has 2 aromatic carbocycles. The number of carbonyl (C=O) groups is 2. The molecule has 1 aliphatic heterocycles. The number of aryl methyl sites for hydroxylation is 1. The lowest BCUT2D eigenvalue weighted by Gasteiger charge is -2.08. The zero-order valence-electron chi connectivity index (χ0n) is 16.6. The highest BCUT2D eigenvalue weighted by Gasteiger charge is 2.32. The Labute approximate surface area is 187 Å². The molecule has 1 heterocycles. The van der Waals surface area contributed by atoms with Crippen LogP contribution in [0.2, 0.25) is 5.02 Å². The van der Waals surface area contributed by atoms with Gasteiger partial charge in [-0.3, -0.25) is 19.7 Å². The van der Waals surface area contributed by atoms with Crippen LogP contribution in [0.1, 0.15) is 24.5 Å². The van der Waals surface area contributed by atoms with Gasteiger partial charge in [-0.05, 0) is 49.2 Å². The van der Waals surface area contributed by atoms with Crippen molar-refractivity contribution < 1.29 is 14.5 Å². The fourth-order valence-electron chi connectivity index (χ4n) is 2.64. The fraction of sp³-hybridized carbons (Fsp3) is 0.200. The summed E-state index contributed by atoms with van der Waals surface area (Å²) in [5.41, 5.74) is 2.62. The van der Waals surface area contributed by atoms with Gasteiger partial charge in [-0.15, -0.1) is 5.10 Å². The van der Waals surface area contributed by atoms with E-state index in [-0.39, 0.29) is 29.1 Å². The van der Waals surface area contributed by atoms with Gasteiger partial charge < -0.3 is 10.6 Å². The second-order valence-electron chi connectivity index (χ2n) is 6.71. The topological polar surface area (TPSA) is 126 Å². The van der Waals surface area contributed by atoms with Gasteiger partial charge in [-0.1, -0.05) is 29.4 Å². The molecule has 2 N–H and O–H groups in total. The zero-order chi connectivity index (χ0) is 22.5. The Balaban J connectivity index is 1.60. The Morgan fingerprint density at radius 2 is 2.00 bits per heavy atom. The Kier molecular flexibility index (Phi) is 7.03. The average Bonchev–Trinajstić information content (AvgIpc) is 3.08. The average molecular weight is 460 g/mol. The van der Waals surface area contributed by atoms with Crippen molar-refractivity contribution in [2.75, 3.05) is 5.32 Å². The van der Waals surface area contributed by atoms with E-state index in [1.165, 1.54) is 12.1 Å². The van der Waals surface area contributed by atoms with E-state index < -0.39 is 10.2 Å². The second-order valence-corrected chi connectivity index (χ2v) is 8.31. The van der Waals surface area contributed by atoms with Crippen molar-refractivity contribution in [3.8, 4) is 0 Å². The maximum Gasteiger partial charge on any atom is 0.269 e. The summed E-state index contributed by atoms with van der Waals surface area (Å²) in [4.78, 5) is 34.7. The molecule has 2 amide bonds. The predicted molar refractivity (Wildman–Crippen MR) is 122 cm³/mol. The van der Waals surface area contributed by atoms with Crippen molar-refractivity contribution in [1.29, 1.82) is 0 Å². The minimum atomic E-state index is -0.630. The molecule has 0 aliphatic carbocycles. The largest absolute Gasteiger partial charge is 0.326 e. The Bertz CT molecular complexity index is 1100. The fourth-order valence-corrected chi connectivity index (χ4v) is 3.74. The van der Waals surface area contributed by atoms with E-state index in [1.54, 1.807) is 37.3 Å². The molecule has 0 radical (unpaired) electrons. The summed E-state index contributed by atoms with van der Waals surface area (Å²) in [6, 6.07) is 11.1. The Hall–Kier alpha value is -3.24. The number of hydrogen-bond acceptors (Lipinski definition) is 7. The molecular formula is C20H18ClN5O4S. The third kappa shape index (κ3) is 5.89. The molecule has 0 saturated carbocycles. The van der Waals surface area contributed by atoms with E-state index in [4.69, 9.17) is 11.6 Å². The van der Waals surface area contributed by atoms with E-state index in [9.17, 15) is 19.7 Å². The molecule has 1 fully saturated rings. The normalized spacial score (nSPS) is 17.5. The van der Waals surface area contributed by atoms with Crippen molar-refractivity contribution in [2.45, 2.75) is 25.5 Å². The highest BCUT2D eigenvalue weighted by atomic mass is 35.5. The maximum atomic E-state index is 12.3. The number of non-ortho nitro benzene ring substituents is 1. The van der Waals surface area contributed by atoms with E-state index in [0.717, 1.165) is 17.3 Å². The first kappa shape index (κ1) is 22.4. The number of nitrogens with zero attached hydrogens (tertiary/aromatic N) is 3.